The number of carbonyl (C=O) groups is 1. The van der Waals surface area contributed by atoms with Crippen LogP contribution in [0, 0.1) is 0 Å². The van der Waals surface area contributed by atoms with Crippen molar-refractivity contribution >= 4 is 37.8 Å². The molecule has 0 saturated carbocycles. The Hall–Kier alpha value is 0.130. The number of halogens is 2. The Morgan fingerprint density at radius 1 is 1.56 bits per heavy atom. The number of aliphatic hydroxyl groups is 1. The number of aliphatic hydroxyl groups excluding tert-OH is 1. The van der Waals surface area contributed by atoms with Gasteiger partial charge in [0.1, 0.15) is 0 Å². The summed E-state index contributed by atoms with van der Waals surface area (Å²) in [5, 5.41) is 11.1. The van der Waals surface area contributed by atoms with Crippen LogP contribution in [0.3, 0.4) is 0 Å². The molecular weight excluding hydrogens is 254 g/mol. The zero-order valence-electron chi connectivity index (χ0n) is 4.19. The molecule has 0 bridgehead atoms. The normalized spacial score (nSPS) is 27.0. The molecule has 1 unspecified atom stereocenters. The van der Waals surface area contributed by atoms with Crippen molar-refractivity contribution in [3.05, 3.63) is 8.96 Å². The third-order valence-corrected chi connectivity index (χ3v) is 3.07. The lowest BCUT2D eigenvalue weighted by atomic mass is 10.5. The first kappa shape index (κ1) is 7.24. The molecule has 0 aromatic rings. The summed E-state index contributed by atoms with van der Waals surface area (Å²) in [6.45, 7) is 0. The molecule has 5 heteroatoms. The largest absolute Gasteiger partial charge is 0.369 e. The second-order valence-electron chi connectivity index (χ2n) is 1.54. The summed E-state index contributed by atoms with van der Waals surface area (Å²) in [7, 11) is 0. The Bertz CT molecular complexity index is 189. The highest BCUT2D eigenvalue weighted by Crippen LogP contribution is 2.25. The van der Waals surface area contributed by atoms with Gasteiger partial charge in [-0.15, -0.1) is 0 Å². The first-order valence-electron chi connectivity index (χ1n) is 2.17. The minimum atomic E-state index is -0.883. The van der Waals surface area contributed by atoms with Crippen LogP contribution < -0.4 is 5.32 Å². The Labute approximate surface area is 68.4 Å². The number of nitrogens with one attached hydrogen (secondary N) is 1. The molecule has 0 fully saturated rings. The molecule has 0 aromatic carbocycles. The van der Waals surface area contributed by atoms with Gasteiger partial charge in [0.05, 0.1) is 8.96 Å². The van der Waals surface area contributed by atoms with Gasteiger partial charge in [0.2, 0.25) is 0 Å². The molecule has 1 rings (SSSR count). The number of amides is 1. The summed E-state index contributed by atoms with van der Waals surface area (Å²) in [4.78, 5) is 10.6. The molecule has 3 nitrogen and oxygen atoms in total. The fourth-order valence-corrected chi connectivity index (χ4v) is 1.11. The minimum absolute atomic E-state index is 0.297. The standard InChI is InChI=1S/C4H3Br2NO2/c5-1-2(6)4(9)7-3(1)8/h3,8H,(H,7,9). The molecule has 1 heterocycles. The molecule has 2 N–H and O–H groups in total. The Kier molecular flexibility index (Phi) is 1.93. The van der Waals surface area contributed by atoms with Gasteiger partial charge in [-0.1, -0.05) is 0 Å². The monoisotopic (exact) mass is 255 g/mol. The maximum atomic E-state index is 10.6. The molecule has 0 radical (unpaired) electrons. The van der Waals surface area contributed by atoms with Crippen molar-refractivity contribution in [2.24, 2.45) is 0 Å². The minimum Gasteiger partial charge on any atom is -0.369 e. The van der Waals surface area contributed by atoms with E-state index in [1.807, 2.05) is 0 Å². The molecule has 0 aromatic heterocycles. The van der Waals surface area contributed by atoms with E-state index >= 15 is 0 Å². The maximum Gasteiger partial charge on any atom is 0.261 e. The van der Waals surface area contributed by atoms with Crippen molar-refractivity contribution in [1.82, 2.24) is 5.32 Å². The summed E-state index contributed by atoms with van der Waals surface area (Å²) in [6.07, 6.45) is -0.883. The van der Waals surface area contributed by atoms with Gasteiger partial charge in [-0.3, -0.25) is 4.79 Å². The number of carbonyl (C=O) groups excluding carboxylic acids is 1. The van der Waals surface area contributed by atoms with Crippen LogP contribution >= 0.6 is 31.9 Å². The van der Waals surface area contributed by atoms with Crippen molar-refractivity contribution in [1.29, 1.82) is 0 Å². The Morgan fingerprint density at radius 2 is 2.11 bits per heavy atom. The van der Waals surface area contributed by atoms with E-state index < -0.39 is 6.23 Å². The van der Waals surface area contributed by atoms with Crippen LogP contribution in [0.1, 0.15) is 0 Å². The Balaban J connectivity index is 2.92. The molecule has 0 aliphatic carbocycles. The lowest BCUT2D eigenvalue weighted by Crippen LogP contribution is -2.26. The highest BCUT2D eigenvalue weighted by molar-refractivity contribution is 9.14. The van der Waals surface area contributed by atoms with E-state index in [1.165, 1.54) is 0 Å². The molecule has 50 valence electrons. The predicted molar refractivity (Wildman–Crippen MR) is 39.0 cm³/mol. The topological polar surface area (TPSA) is 49.3 Å². The van der Waals surface area contributed by atoms with Gasteiger partial charge in [0.25, 0.3) is 5.91 Å². The molecular formula is C4H3Br2NO2. The molecule has 1 amide bonds. The first-order chi connectivity index (χ1) is 4.13. The van der Waals surface area contributed by atoms with Gasteiger partial charge in [-0.25, -0.2) is 0 Å². The second-order valence-corrected chi connectivity index (χ2v) is 3.19. The van der Waals surface area contributed by atoms with Crippen molar-refractivity contribution in [2.75, 3.05) is 0 Å². The van der Waals surface area contributed by atoms with E-state index in [2.05, 4.69) is 37.2 Å². The second kappa shape index (κ2) is 2.40. The Morgan fingerprint density at radius 3 is 2.22 bits per heavy atom. The first-order valence-corrected chi connectivity index (χ1v) is 3.75. The van der Waals surface area contributed by atoms with Gasteiger partial charge in [-0.05, 0) is 31.9 Å². The van der Waals surface area contributed by atoms with E-state index in [0.717, 1.165) is 0 Å². The SMILES string of the molecule is O=C1NC(O)C(Br)=C1Br. The van der Waals surface area contributed by atoms with E-state index in [-0.39, 0.29) is 5.91 Å². The van der Waals surface area contributed by atoms with E-state index in [9.17, 15) is 4.79 Å². The third kappa shape index (κ3) is 1.17. The van der Waals surface area contributed by atoms with Crippen LogP contribution in [0.4, 0.5) is 0 Å². The predicted octanol–water partition coefficient (Wildman–Crippen LogP) is 0.436. The van der Waals surface area contributed by atoms with E-state index in [1.54, 1.807) is 0 Å². The zero-order chi connectivity index (χ0) is 7.02. The number of hydrogen-bond donors (Lipinski definition) is 2. The number of rotatable bonds is 0. The summed E-state index contributed by atoms with van der Waals surface area (Å²) >= 11 is 5.98. The van der Waals surface area contributed by atoms with Crippen LogP contribution in [-0.4, -0.2) is 17.2 Å². The van der Waals surface area contributed by atoms with Crippen molar-refractivity contribution in [2.45, 2.75) is 6.23 Å². The molecule has 0 saturated heterocycles. The molecule has 1 aliphatic heterocycles. The average Bonchev–Trinajstić information content (AvgIpc) is 1.98. The van der Waals surface area contributed by atoms with Crippen molar-refractivity contribution < 1.29 is 9.90 Å². The van der Waals surface area contributed by atoms with Crippen LogP contribution in [0.15, 0.2) is 8.96 Å². The lowest BCUT2D eigenvalue weighted by molar-refractivity contribution is -0.117. The summed E-state index contributed by atoms with van der Waals surface area (Å²) in [6, 6.07) is 0. The van der Waals surface area contributed by atoms with Crippen molar-refractivity contribution in [3.8, 4) is 0 Å². The summed E-state index contributed by atoms with van der Waals surface area (Å²) in [5.41, 5.74) is 0. The quantitative estimate of drug-likeness (QED) is 0.661. The zero-order valence-corrected chi connectivity index (χ0v) is 7.36. The van der Waals surface area contributed by atoms with Crippen LogP contribution in [-0.2, 0) is 4.79 Å². The highest BCUT2D eigenvalue weighted by atomic mass is 79.9. The molecule has 9 heavy (non-hydrogen) atoms. The summed E-state index contributed by atoms with van der Waals surface area (Å²) < 4.78 is 0.808. The van der Waals surface area contributed by atoms with E-state index in [0.29, 0.717) is 8.96 Å². The molecule has 0 spiro atoms. The van der Waals surface area contributed by atoms with E-state index in [4.69, 9.17) is 5.11 Å². The third-order valence-electron chi connectivity index (χ3n) is 0.917. The van der Waals surface area contributed by atoms with Crippen LogP contribution in [0.5, 0.6) is 0 Å². The van der Waals surface area contributed by atoms with Crippen molar-refractivity contribution in [3.63, 3.8) is 0 Å². The molecule has 1 atom stereocenters. The average molecular weight is 257 g/mol. The lowest BCUT2D eigenvalue weighted by Gasteiger charge is -1.98. The van der Waals surface area contributed by atoms with Gasteiger partial charge in [-0.2, -0.15) is 0 Å². The van der Waals surface area contributed by atoms with Crippen LogP contribution in [0.2, 0.25) is 0 Å². The fraction of sp³-hybridized carbons (Fsp3) is 0.250. The van der Waals surface area contributed by atoms with Gasteiger partial charge in [0, 0.05) is 0 Å². The smallest absolute Gasteiger partial charge is 0.261 e. The fourth-order valence-electron chi connectivity index (χ4n) is 0.479. The van der Waals surface area contributed by atoms with Crippen LogP contribution in [0.25, 0.3) is 0 Å². The number of hydrogen-bond acceptors (Lipinski definition) is 2. The highest BCUT2D eigenvalue weighted by Gasteiger charge is 2.26. The van der Waals surface area contributed by atoms with Gasteiger partial charge in [0.15, 0.2) is 6.23 Å². The van der Waals surface area contributed by atoms with Gasteiger partial charge < -0.3 is 10.4 Å². The van der Waals surface area contributed by atoms with Gasteiger partial charge >= 0.3 is 0 Å². The maximum absolute atomic E-state index is 10.6. The summed E-state index contributed by atoms with van der Waals surface area (Å²) in [5.74, 6) is -0.297. The molecule has 1 aliphatic rings.